The van der Waals surface area contributed by atoms with Crippen LogP contribution in [0.5, 0.6) is 5.75 Å². The SMILES string of the molecule is CCC(O)CN.O=Cc1ccccc1O. The molecule has 0 saturated carbocycles. The molecule has 1 atom stereocenters. The minimum atomic E-state index is -0.287. The maximum atomic E-state index is 10.1. The van der Waals surface area contributed by atoms with Gasteiger partial charge in [0.2, 0.25) is 0 Å². The van der Waals surface area contributed by atoms with E-state index in [0.29, 0.717) is 18.4 Å². The summed E-state index contributed by atoms with van der Waals surface area (Å²) in [5.74, 6) is 0.0347. The monoisotopic (exact) mass is 211 g/mol. The van der Waals surface area contributed by atoms with Crippen LogP contribution in [0.3, 0.4) is 0 Å². The zero-order valence-corrected chi connectivity index (χ0v) is 8.76. The number of nitrogens with two attached hydrogens (primary N) is 1. The molecule has 15 heavy (non-hydrogen) atoms. The molecule has 0 heterocycles. The highest BCUT2D eigenvalue weighted by atomic mass is 16.3. The number of phenols is 1. The maximum absolute atomic E-state index is 10.1. The van der Waals surface area contributed by atoms with Gasteiger partial charge in [0.05, 0.1) is 11.7 Å². The van der Waals surface area contributed by atoms with Crippen LogP contribution in [0.4, 0.5) is 0 Å². The summed E-state index contributed by atoms with van der Waals surface area (Å²) >= 11 is 0. The summed E-state index contributed by atoms with van der Waals surface area (Å²) < 4.78 is 0. The number of rotatable bonds is 3. The number of hydrogen-bond donors (Lipinski definition) is 3. The van der Waals surface area contributed by atoms with E-state index in [1.54, 1.807) is 18.2 Å². The van der Waals surface area contributed by atoms with Crippen LogP contribution in [-0.4, -0.2) is 29.1 Å². The molecule has 0 bridgehead atoms. The van der Waals surface area contributed by atoms with Gasteiger partial charge in [0, 0.05) is 6.54 Å². The lowest BCUT2D eigenvalue weighted by Gasteiger charge is -1.98. The molecule has 0 aliphatic rings. The maximum Gasteiger partial charge on any atom is 0.153 e. The molecule has 0 aliphatic heterocycles. The number of para-hydroxylation sites is 1. The van der Waals surface area contributed by atoms with Gasteiger partial charge in [0.25, 0.3) is 0 Å². The van der Waals surface area contributed by atoms with Crippen molar-refractivity contribution < 1.29 is 15.0 Å². The van der Waals surface area contributed by atoms with E-state index in [0.717, 1.165) is 6.42 Å². The topological polar surface area (TPSA) is 83.5 Å². The minimum absolute atomic E-state index is 0.0347. The molecular formula is C11H17NO3. The molecule has 0 saturated heterocycles. The molecule has 0 amide bonds. The van der Waals surface area contributed by atoms with Gasteiger partial charge in [-0.15, -0.1) is 0 Å². The zero-order valence-electron chi connectivity index (χ0n) is 8.76. The van der Waals surface area contributed by atoms with Gasteiger partial charge < -0.3 is 15.9 Å². The summed E-state index contributed by atoms with van der Waals surface area (Å²) in [4.78, 5) is 10.1. The summed E-state index contributed by atoms with van der Waals surface area (Å²) in [6.45, 7) is 2.29. The number of aromatic hydroxyl groups is 1. The number of carbonyl (C=O) groups is 1. The van der Waals surface area contributed by atoms with Crippen LogP contribution in [0.15, 0.2) is 24.3 Å². The summed E-state index contributed by atoms with van der Waals surface area (Å²) in [6, 6.07) is 6.40. The Morgan fingerprint density at radius 3 is 2.33 bits per heavy atom. The number of hydrogen-bond acceptors (Lipinski definition) is 4. The van der Waals surface area contributed by atoms with Gasteiger partial charge in [-0.05, 0) is 18.6 Å². The highest BCUT2D eigenvalue weighted by Crippen LogP contribution is 2.11. The van der Waals surface area contributed by atoms with Crippen molar-refractivity contribution in [1.82, 2.24) is 0 Å². The largest absolute Gasteiger partial charge is 0.507 e. The molecule has 0 aliphatic carbocycles. The van der Waals surface area contributed by atoms with Gasteiger partial charge in [0.1, 0.15) is 5.75 Å². The van der Waals surface area contributed by atoms with Crippen molar-refractivity contribution >= 4 is 6.29 Å². The molecule has 1 aromatic rings. The number of aliphatic hydroxyl groups is 1. The first kappa shape index (κ1) is 13.6. The Hall–Kier alpha value is -1.39. The Morgan fingerprint density at radius 1 is 1.47 bits per heavy atom. The molecule has 4 nitrogen and oxygen atoms in total. The quantitative estimate of drug-likeness (QED) is 0.649. The van der Waals surface area contributed by atoms with E-state index in [9.17, 15) is 4.79 Å². The number of aldehydes is 1. The van der Waals surface area contributed by atoms with Gasteiger partial charge in [-0.25, -0.2) is 0 Å². The van der Waals surface area contributed by atoms with E-state index in [4.69, 9.17) is 15.9 Å². The Bertz CT molecular complexity index is 285. The van der Waals surface area contributed by atoms with Gasteiger partial charge in [-0.3, -0.25) is 4.79 Å². The van der Waals surface area contributed by atoms with E-state index in [-0.39, 0.29) is 11.9 Å². The summed E-state index contributed by atoms with van der Waals surface area (Å²) in [7, 11) is 0. The number of phenolic OH excluding ortho intramolecular Hbond substituents is 1. The number of benzene rings is 1. The highest BCUT2D eigenvalue weighted by molar-refractivity contribution is 5.78. The van der Waals surface area contributed by atoms with Crippen molar-refractivity contribution in [2.75, 3.05) is 6.54 Å². The van der Waals surface area contributed by atoms with Crippen LogP contribution in [0.2, 0.25) is 0 Å². The number of carbonyl (C=O) groups excluding carboxylic acids is 1. The average molecular weight is 211 g/mol. The Kier molecular flexibility index (Phi) is 7.23. The second-order valence-corrected chi connectivity index (χ2v) is 2.97. The average Bonchev–Trinajstić information content (AvgIpc) is 2.29. The lowest BCUT2D eigenvalue weighted by Crippen LogP contribution is -2.17. The molecule has 0 fully saturated rings. The molecule has 0 aromatic heterocycles. The van der Waals surface area contributed by atoms with Gasteiger partial charge in [-0.2, -0.15) is 0 Å². The molecule has 4 N–H and O–H groups in total. The molecular weight excluding hydrogens is 194 g/mol. The second kappa shape index (κ2) is 7.96. The highest BCUT2D eigenvalue weighted by Gasteiger charge is 1.93. The van der Waals surface area contributed by atoms with Crippen molar-refractivity contribution in [3.05, 3.63) is 29.8 Å². The van der Waals surface area contributed by atoms with Crippen molar-refractivity contribution in [2.24, 2.45) is 5.73 Å². The summed E-state index contributed by atoms with van der Waals surface area (Å²) in [5, 5.41) is 17.4. The van der Waals surface area contributed by atoms with Gasteiger partial charge in [0.15, 0.2) is 6.29 Å². The first-order valence-corrected chi connectivity index (χ1v) is 4.77. The molecule has 4 heteroatoms. The smallest absolute Gasteiger partial charge is 0.153 e. The van der Waals surface area contributed by atoms with Crippen molar-refractivity contribution in [2.45, 2.75) is 19.4 Å². The number of aliphatic hydroxyl groups excluding tert-OH is 1. The van der Waals surface area contributed by atoms with Crippen LogP contribution in [-0.2, 0) is 0 Å². The predicted octanol–water partition coefficient (Wildman–Crippen LogP) is 0.921. The molecule has 1 unspecified atom stereocenters. The summed E-state index contributed by atoms with van der Waals surface area (Å²) in [6.07, 6.45) is 1.09. The predicted molar refractivity (Wildman–Crippen MR) is 58.8 cm³/mol. The third-order valence-corrected chi connectivity index (χ3v) is 1.81. The van der Waals surface area contributed by atoms with Crippen LogP contribution in [0, 0.1) is 0 Å². The normalized spacial score (nSPS) is 11.1. The third kappa shape index (κ3) is 5.83. The van der Waals surface area contributed by atoms with E-state index in [2.05, 4.69) is 0 Å². The van der Waals surface area contributed by atoms with Crippen LogP contribution >= 0.6 is 0 Å². The van der Waals surface area contributed by atoms with E-state index in [1.807, 2.05) is 6.92 Å². The van der Waals surface area contributed by atoms with Gasteiger partial charge in [-0.1, -0.05) is 19.1 Å². The van der Waals surface area contributed by atoms with E-state index < -0.39 is 0 Å². The first-order chi connectivity index (χ1) is 7.15. The lowest BCUT2D eigenvalue weighted by molar-refractivity contribution is 0.112. The first-order valence-electron chi connectivity index (χ1n) is 4.77. The molecule has 0 radical (unpaired) electrons. The zero-order chi connectivity index (χ0) is 11.7. The fraction of sp³-hybridized carbons (Fsp3) is 0.364. The van der Waals surface area contributed by atoms with Crippen LogP contribution in [0.25, 0.3) is 0 Å². The second-order valence-electron chi connectivity index (χ2n) is 2.97. The van der Waals surface area contributed by atoms with Crippen LogP contribution in [0.1, 0.15) is 23.7 Å². The molecule has 1 aromatic carbocycles. The standard InChI is InChI=1S/C7H6O2.C4H11NO/c8-5-6-3-1-2-4-7(6)9;1-2-4(6)3-5/h1-5,9H;4,6H,2-3,5H2,1H3. The minimum Gasteiger partial charge on any atom is -0.507 e. The lowest BCUT2D eigenvalue weighted by atomic mass is 10.2. The van der Waals surface area contributed by atoms with Gasteiger partial charge >= 0.3 is 0 Å². The van der Waals surface area contributed by atoms with Crippen molar-refractivity contribution in [3.8, 4) is 5.75 Å². The van der Waals surface area contributed by atoms with Crippen molar-refractivity contribution in [1.29, 1.82) is 0 Å². The van der Waals surface area contributed by atoms with E-state index >= 15 is 0 Å². The molecule has 84 valence electrons. The van der Waals surface area contributed by atoms with E-state index in [1.165, 1.54) is 6.07 Å². The summed E-state index contributed by atoms with van der Waals surface area (Å²) in [5.41, 5.74) is 5.36. The third-order valence-electron chi connectivity index (χ3n) is 1.81. The molecule has 1 rings (SSSR count). The Balaban J connectivity index is 0.000000288. The fourth-order valence-corrected chi connectivity index (χ4v) is 0.754. The van der Waals surface area contributed by atoms with Crippen LogP contribution < -0.4 is 5.73 Å². The fourth-order valence-electron chi connectivity index (χ4n) is 0.754. The van der Waals surface area contributed by atoms with Crippen molar-refractivity contribution in [3.63, 3.8) is 0 Å². The Morgan fingerprint density at radius 2 is 2.07 bits per heavy atom. The Labute approximate surface area is 89.4 Å². The molecule has 0 spiro atoms.